The third kappa shape index (κ3) is 3.89. The second-order valence-electron chi connectivity index (χ2n) is 3.33. The smallest absolute Gasteiger partial charge is 0.123 e. The van der Waals surface area contributed by atoms with Crippen LogP contribution in [0.5, 0.6) is 0 Å². The van der Waals surface area contributed by atoms with Crippen LogP contribution in [0.3, 0.4) is 0 Å². The summed E-state index contributed by atoms with van der Waals surface area (Å²) in [5.41, 5.74) is 0.908. The molecule has 15 heavy (non-hydrogen) atoms. The van der Waals surface area contributed by atoms with E-state index in [1.165, 1.54) is 12.1 Å². The zero-order chi connectivity index (χ0) is 11.3. The van der Waals surface area contributed by atoms with Gasteiger partial charge < -0.3 is 5.11 Å². The van der Waals surface area contributed by atoms with Gasteiger partial charge in [-0.25, -0.2) is 4.39 Å². The van der Waals surface area contributed by atoms with E-state index in [9.17, 15) is 4.39 Å². The van der Waals surface area contributed by atoms with Crippen molar-refractivity contribution in [2.45, 2.75) is 13.5 Å². The van der Waals surface area contributed by atoms with Crippen molar-refractivity contribution in [2.24, 2.45) is 0 Å². The third-order valence-corrected chi connectivity index (χ3v) is 3.04. The Morgan fingerprint density at radius 3 is 2.80 bits per heavy atom. The first-order valence-corrected chi connectivity index (χ1v) is 5.73. The van der Waals surface area contributed by atoms with Gasteiger partial charge in [0.2, 0.25) is 0 Å². The van der Waals surface area contributed by atoms with Crippen LogP contribution in [0.2, 0.25) is 0 Å². The van der Waals surface area contributed by atoms with Gasteiger partial charge in [-0.05, 0) is 30.3 Å². The number of aliphatic hydroxyl groups is 1. The Kier molecular flexibility index (Phi) is 5.22. The van der Waals surface area contributed by atoms with Gasteiger partial charge in [-0.1, -0.05) is 22.9 Å². The monoisotopic (exact) mass is 275 g/mol. The number of benzene rings is 1. The highest BCUT2D eigenvalue weighted by molar-refractivity contribution is 9.10. The predicted octanol–water partition coefficient (Wildman–Crippen LogP) is 2.40. The van der Waals surface area contributed by atoms with Gasteiger partial charge in [-0.15, -0.1) is 0 Å². The summed E-state index contributed by atoms with van der Waals surface area (Å²) in [5, 5.41) is 8.84. The van der Waals surface area contributed by atoms with E-state index in [2.05, 4.69) is 20.8 Å². The van der Waals surface area contributed by atoms with E-state index < -0.39 is 0 Å². The maximum absolute atomic E-state index is 13.0. The van der Waals surface area contributed by atoms with Crippen LogP contribution < -0.4 is 0 Å². The molecule has 1 aromatic carbocycles. The van der Waals surface area contributed by atoms with Crippen molar-refractivity contribution in [1.29, 1.82) is 0 Å². The van der Waals surface area contributed by atoms with Crippen LogP contribution in [0.1, 0.15) is 12.5 Å². The Labute approximate surface area is 97.8 Å². The molecule has 0 atom stereocenters. The van der Waals surface area contributed by atoms with Crippen LogP contribution in [0.15, 0.2) is 22.7 Å². The highest BCUT2D eigenvalue weighted by Crippen LogP contribution is 2.19. The molecule has 0 aromatic heterocycles. The van der Waals surface area contributed by atoms with E-state index in [1.54, 1.807) is 6.07 Å². The van der Waals surface area contributed by atoms with Crippen LogP contribution in [-0.2, 0) is 6.54 Å². The molecule has 0 aliphatic carbocycles. The van der Waals surface area contributed by atoms with E-state index in [1.807, 2.05) is 6.92 Å². The fourth-order valence-electron chi connectivity index (χ4n) is 1.40. The highest BCUT2D eigenvalue weighted by Gasteiger charge is 2.07. The summed E-state index contributed by atoms with van der Waals surface area (Å²) in [6.45, 7) is 4.24. The van der Waals surface area contributed by atoms with Crippen molar-refractivity contribution in [3.05, 3.63) is 34.1 Å². The Balaban J connectivity index is 2.73. The fourth-order valence-corrected chi connectivity index (χ4v) is 1.77. The topological polar surface area (TPSA) is 23.5 Å². The summed E-state index contributed by atoms with van der Waals surface area (Å²) in [6.07, 6.45) is 0. The van der Waals surface area contributed by atoms with Gasteiger partial charge in [-0.3, -0.25) is 4.90 Å². The number of halogens is 2. The number of hydrogen-bond acceptors (Lipinski definition) is 2. The minimum atomic E-state index is -0.228. The molecule has 0 spiro atoms. The molecule has 84 valence electrons. The van der Waals surface area contributed by atoms with Gasteiger partial charge in [0.15, 0.2) is 0 Å². The van der Waals surface area contributed by atoms with Gasteiger partial charge in [0, 0.05) is 17.6 Å². The quantitative estimate of drug-likeness (QED) is 0.892. The normalized spacial score (nSPS) is 11.0. The lowest BCUT2D eigenvalue weighted by atomic mass is 10.2. The average molecular weight is 276 g/mol. The number of likely N-dealkylation sites (N-methyl/N-ethyl adjacent to an activating group) is 1. The van der Waals surface area contributed by atoms with Crippen LogP contribution in [0.4, 0.5) is 4.39 Å². The minimum Gasteiger partial charge on any atom is -0.395 e. The average Bonchev–Trinajstić information content (AvgIpc) is 2.22. The molecular weight excluding hydrogens is 261 g/mol. The predicted molar refractivity (Wildman–Crippen MR) is 62.1 cm³/mol. The van der Waals surface area contributed by atoms with Crippen LogP contribution in [-0.4, -0.2) is 29.7 Å². The van der Waals surface area contributed by atoms with Crippen molar-refractivity contribution in [2.75, 3.05) is 19.7 Å². The maximum atomic E-state index is 13.0. The first-order chi connectivity index (χ1) is 7.17. The van der Waals surface area contributed by atoms with Crippen molar-refractivity contribution in [3.63, 3.8) is 0 Å². The summed E-state index contributed by atoms with van der Waals surface area (Å²) in [6, 6.07) is 4.65. The van der Waals surface area contributed by atoms with E-state index in [0.29, 0.717) is 13.1 Å². The van der Waals surface area contributed by atoms with Crippen LogP contribution >= 0.6 is 15.9 Å². The standard InChI is InChI=1S/C11H15BrFNO/c1-2-14(5-6-15)8-9-7-10(13)3-4-11(9)12/h3-4,7,15H,2,5-6,8H2,1H3. The number of nitrogens with zero attached hydrogens (tertiary/aromatic N) is 1. The zero-order valence-electron chi connectivity index (χ0n) is 8.71. The molecule has 0 saturated carbocycles. The highest BCUT2D eigenvalue weighted by atomic mass is 79.9. The van der Waals surface area contributed by atoms with Crippen molar-refractivity contribution in [3.8, 4) is 0 Å². The second-order valence-corrected chi connectivity index (χ2v) is 4.18. The van der Waals surface area contributed by atoms with Gasteiger partial charge in [-0.2, -0.15) is 0 Å². The molecule has 0 fully saturated rings. The van der Waals surface area contributed by atoms with Gasteiger partial charge in [0.25, 0.3) is 0 Å². The first-order valence-electron chi connectivity index (χ1n) is 4.94. The number of rotatable bonds is 5. The summed E-state index contributed by atoms with van der Waals surface area (Å²) in [4.78, 5) is 2.06. The molecule has 0 amide bonds. The van der Waals surface area contributed by atoms with Crippen molar-refractivity contribution >= 4 is 15.9 Å². The summed E-state index contributed by atoms with van der Waals surface area (Å²) in [7, 11) is 0. The fraction of sp³-hybridized carbons (Fsp3) is 0.455. The molecule has 1 aromatic rings. The Hall–Kier alpha value is -0.450. The van der Waals surface area contributed by atoms with Crippen molar-refractivity contribution in [1.82, 2.24) is 4.90 Å². The van der Waals surface area contributed by atoms with Gasteiger partial charge in [0.1, 0.15) is 5.82 Å². The molecule has 0 heterocycles. The van der Waals surface area contributed by atoms with Gasteiger partial charge in [0.05, 0.1) is 6.61 Å². The third-order valence-electron chi connectivity index (χ3n) is 2.27. The summed E-state index contributed by atoms with van der Waals surface area (Å²) in [5.74, 6) is -0.228. The lowest BCUT2D eigenvalue weighted by Gasteiger charge is -2.19. The van der Waals surface area contributed by atoms with E-state index in [4.69, 9.17) is 5.11 Å². The van der Waals surface area contributed by atoms with Gasteiger partial charge >= 0.3 is 0 Å². The van der Waals surface area contributed by atoms with Crippen LogP contribution in [0.25, 0.3) is 0 Å². The molecule has 4 heteroatoms. The SMILES string of the molecule is CCN(CCO)Cc1cc(F)ccc1Br. The molecule has 0 radical (unpaired) electrons. The Morgan fingerprint density at radius 2 is 2.20 bits per heavy atom. The molecule has 1 N–H and O–H groups in total. The summed E-state index contributed by atoms with van der Waals surface area (Å²) >= 11 is 3.38. The lowest BCUT2D eigenvalue weighted by molar-refractivity contribution is 0.196. The van der Waals surface area contributed by atoms with Crippen LogP contribution in [0, 0.1) is 5.82 Å². The number of aliphatic hydroxyl groups excluding tert-OH is 1. The maximum Gasteiger partial charge on any atom is 0.123 e. The Bertz CT molecular complexity index is 319. The summed E-state index contributed by atoms with van der Waals surface area (Å²) < 4.78 is 13.9. The molecule has 0 aliphatic rings. The molecule has 0 saturated heterocycles. The zero-order valence-corrected chi connectivity index (χ0v) is 10.3. The van der Waals surface area contributed by atoms with Crippen molar-refractivity contribution < 1.29 is 9.50 Å². The molecule has 0 bridgehead atoms. The minimum absolute atomic E-state index is 0.126. The second kappa shape index (κ2) is 6.20. The lowest BCUT2D eigenvalue weighted by Crippen LogP contribution is -2.26. The molecule has 0 aliphatic heterocycles. The molecule has 1 rings (SSSR count). The molecule has 2 nitrogen and oxygen atoms in total. The molecular formula is C11H15BrFNO. The first kappa shape index (κ1) is 12.6. The van der Waals surface area contributed by atoms with E-state index in [-0.39, 0.29) is 12.4 Å². The molecule has 0 unspecified atom stereocenters. The van der Waals surface area contributed by atoms with E-state index >= 15 is 0 Å². The van der Waals surface area contributed by atoms with E-state index in [0.717, 1.165) is 16.6 Å². The Morgan fingerprint density at radius 1 is 1.47 bits per heavy atom. The largest absolute Gasteiger partial charge is 0.395 e. The number of hydrogen-bond donors (Lipinski definition) is 1.